The predicted molar refractivity (Wildman–Crippen MR) is 82.4 cm³/mol. The smallest absolute Gasteiger partial charge is 0.226 e. The van der Waals surface area contributed by atoms with Gasteiger partial charge in [-0.3, -0.25) is 4.79 Å². The molecule has 0 radical (unpaired) electrons. The average molecular weight is 284 g/mol. The minimum atomic E-state index is 0.146. The van der Waals surface area contributed by atoms with E-state index < -0.39 is 0 Å². The van der Waals surface area contributed by atoms with E-state index in [1.807, 2.05) is 0 Å². The van der Waals surface area contributed by atoms with Gasteiger partial charge in [0.25, 0.3) is 0 Å². The third kappa shape index (κ3) is 4.45. The van der Waals surface area contributed by atoms with Gasteiger partial charge >= 0.3 is 0 Å². The van der Waals surface area contributed by atoms with Crippen molar-refractivity contribution in [3.8, 4) is 0 Å². The molecule has 1 rings (SSSR count). The Morgan fingerprint density at radius 3 is 2.50 bits per heavy atom. The Morgan fingerprint density at radius 1 is 1.35 bits per heavy atom. The van der Waals surface area contributed by atoms with E-state index in [1.165, 1.54) is 0 Å². The Balaban J connectivity index is 2.75. The van der Waals surface area contributed by atoms with Crippen LogP contribution in [-0.4, -0.2) is 43.2 Å². The van der Waals surface area contributed by atoms with Crippen molar-refractivity contribution in [1.29, 1.82) is 0 Å². The van der Waals surface area contributed by atoms with Gasteiger partial charge in [-0.1, -0.05) is 20.8 Å². The van der Waals surface area contributed by atoms with Crippen LogP contribution < -0.4 is 5.73 Å². The second-order valence-corrected chi connectivity index (χ2v) is 6.15. The lowest BCUT2D eigenvalue weighted by atomic mass is 9.77. The quantitative estimate of drug-likeness (QED) is 0.781. The van der Waals surface area contributed by atoms with Crippen molar-refractivity contribution in [1.82, 2.24) is 4.90 Å². The number of methoxy groups -OCH3 is 1. The maximum absolute atomic E-state index is 12.9. The van der Waals surface area contributed by atoms with E-state index in [4.69, 9.17) is 10.5 Å². The molecule has 0 spiro atoms. The first-order valence-electron chi connectivity index (χ1n) is 8.10. The molecule has 2 N–H and O–H groups in total. The maximum Gasteiger partial charge on any atom is 0.226 e. The number of hydrogen-bond donors (Lipinski definition) is 1. The van der Waals surface area contributed by atoms with Crippen LogP contribution in [0.25, 0.3) is 0 Å². The highest BCUT2D eigenvalue weighted by Gasteiger charge is 2.35. The number of rotatable bonds is 7. The van der Waals surface area contributed by atoms with Gasteiger partial charge in [-0.2, -0.15) is 0 Å². The zero-order valence-electron chi connectivity index (χ0n) is 13.6. The van der Waals surface area contributed by atoms with Crippen molar-refractivity contribution < 1.29 is 9.53 Å². The summed E-state index contributed by atoms with van der Waals surface area (Å²) in [5, 5.41) is 0. The standard InChI is InChI=1S/C16H32N2O2/c1-5-14(6-2)18(9-10-20-4)16(19)15-8-7-13(17)11-12(15)3/h12-15H,5-11,17H2,1-4H3. The van der Waals surface area contributed by atoms with Crippen LogP contribution in [0.3, 0.4) is 0 Å². The van der Waals surface area contributed by atoms with Gasteiger partial charge in [-0.15, -0.1) is 0 Å². The Hall–Kier alpha value is -0.610. The number of amides is 1. The van der Waals surface area contributed by atoms with Crippen LogP contribution in [0.1, 0.15) is 52.9 Å². The molecule has 4 heteroatoms. The molecule has 0 aromatic carbocycles. The highest BCUT2D eigenvalue weighted by atomic mass is 16.5. The largest absolute Gasteiger partial charge is 0.383 e. The van der Waals surface area contributed by atoms with Crippen molar-refractivity contribution in [3.05, 3.63) is 0 Å². The normalized spacial score (nSPS) is 26.8. The first kappa shape index (κ1) is 17.4. The summed E-state index contributed by atoms with van der Waals surface area (Å²) in [6, 6.07) is 0.607. The van der Waals surface area contributed by atoms with E-state index in [0.29, 0.717) is 31.0 Å². The molecule has 118 valence electrons. The average Bonchev–Trinajstić information content (AvgIpc) is 2.43. The van der Waals surface area contributed by atoms with Crippen molar-refractivity contribution in [3.63, 3.8) is 0 Å². The molecule has 1 amide bonds. The molecular formula is C16H32N2O2. The molecule has 0 aliphatic heterocycles. The van der Waals surface area contributed by atoms with E-state index in [9.17, 15) is 4.79 Å². The molecule has 0 aromatic heterocycles. The summed E-state index contributed by atoms with van der Waals surface area (Å²) in [7, 11) is 1.69. The molecule has 0 bridgehead atoms. The molecule has 0 saturated heterocycles. The molecule has 20 heavy (non-hydrogen) atoms. The van der Waals surface area contributed by atoms with E-state index in [-0.39, 0.29) is 12.0 Å². The number of nitrogens with two attached hydrogens (primary N) is 1. The number of nitrogens with zero attached hydrogens (tertiary/aromatic N) is 1. The van der Waals surface area contributed by atoms with Crippen molar-refractivity contribution >= 4 is 5.91 Å². The lowest BCUT2D eigenvalue weighted by Crippen LogP contribution is -2.48. The third-order valence-electron chi connectivity index (χ3n) is 4.73. The number of hydrogen-bond acceptors (Lipinski definition) is 3. The monoisotopic (exact) mass is 284 g/mol. The fourth-order valence-electron chi connectivity index (χ4n) is 3.41. The second-order valence-electron chi connectivity index (χ2n) is 6.15. The molecule has 1 fully saturated rings. The van der Waals surface area contributed by atoms with Gasteiger partial charge in [0.15, 0.2) is 0 Å². The topological polar surface area (TPSA) is 55.6 Å². The van der Waals surface area contributed by atoms with Gasteiger partial charge in [0.1, 0.15) is 0 Å². The summed E-state index contributed by atoms with van der Waals surface area (Å²) in [4.78, 5) is 15.0. The van der Waals surface area contributed by atoms with Gasteiger partial charge in [0, 0.05) is 31.7 Å². The summed E-state index contributed by atoms with van der Waals surface area (Å²) in [5.74, 6) is 0.855. The molecule has 0 heterocycles. The van der Waals surface area contributed by atoms with Gasteiger partial charge < -0.3 is 15.4 Å². The summed E-state index contributed by atoms with van der Waals surface area (Å²) >= 11 is 0. The second kappa shape index (κ2) is 8.63. The van der Waals surface area contributed by atoms with Gasteiger partial charge in [-0.25, -0.2) is 0 Å². The number of carbonyl (C=O) groups is 1. The number of carbonyl (C=O) groups excluding carboxylic acids is 1. The fourth-order valence-corrected chi connectivity index (χ4v) is 3.41. The third-order valence-corrected chi connectivity index (χ3v) is 4.73. The van der Waals surface area contributed by atoms with E-state index >= 15 is 0 Å². The molecule has 1 aliphatic rings. The Kier molecular flexibility index (Phi) is 7.52. The highest BCUT2D eigenvalue weighted by molar-refractivity contribution is 5.79. The lowest BCUT2D eigenvalue weighted by molar-refractivity contribution is -0.141. The zero-order valence-corrected chi connectivity index (χ0v) is 13.6. The van der Waals surface area contributed by atoms with Gasteiger partial charge in [0.05, 0.1) is 6.61 Å². The van der Waals surface area contributed by atoms with Crippen LogP contribution in [0.5, 0.6) is 0 Å². The first-order valence-corrected chi connectivity index (χ1v) is 8.10. The lowest BCUT2D eigenvalue weighted by Gasteiger charge is -2.38. The summed E-state index contributed by atoms with van der Waals surface area (Å²) in [6.07, 6.45) is 4.89. The molecule has 3 unspecified atom stereocenters. The van der Waals surface area contributed by atoms with E-state index in [1.54, 1.807) is 7.11 Å². The van der Waals surface area contributed by atoms with Crippen LogP contribution in [0, 0.1) is 11.8 Å². The minimum Gasteiger partial charge on any atom is -0.383 e. The fraction of sp³-hybridized carbons (Fsp3) is 0.938. The Bertz CT molecular complexity index is 292. The number of ether oxygens (including phenoxy) is 1. The van der Waals surface area contributed by atoms with Crippen LogP contribution in [0.2, 0.25) is 0 Å². The maximum atomic E-state index is 12.9. The first-order chi connectivity index (χ1) is 9.54. The van der Waals surface area contributed by atoms with Crippen LogP contribution >= 0.6 is 0 Å². The molecule has 1 aliphatic carbocycles. The SMILES string of the molecule is CCC(CC)N(CCOC)C(=O)C1CCC(N)CC1C. The minimum absolute atomic E-state index is 0.146. The van der Waals surface area contributed by atoms with Crippen molar-refractivity contribution in [2.24, 2.45) is 17.6 Å². The molecular weight excluding hydrogens is 252 g/mol. The molecule has 4 nitrogen and oxygen atoms in total. The summed E-state index contributed by atoms with van der Waals surface area (Å²) in [6.45, 7) is 7.80. The van der Waals surface area contributed by atoms with Crippen LogP contribution in [-0.2, 0) is 9.53 Å². The van der Waals surface area contributed by atoms with E-state index in [0.717, 1.165) is 32.1 Å². The molecule has 3 atom stereocenters. The van der Waals surface area contributed by atoms with Crippen molar-refractivity contribution in [2.75, 3.05) is 20.3 Å². The predicted octanol–water partition coefficient (Wildman–Crippen LogP) is 2.41. The van der Waals surface area contributed by atoms with Gasteiger partial charge in [-0.05, 0) is 38.0 Å². The Morgan fingerprint density at radius 2 is 2.00 bits per heavy atom. The zero-order chi connectivity index (χ0) is 15.1. The molecule has 0 aromatic rings. The summed E-state index contributed by atoms with van der Waals surface area (Å²) < 4.78 is 5.18. The molecule has 1 saturated carbocycles. The summed E-state index contributed by atoms with van der Waals surface area (Å²) in [5.41, 5.74) is 6.01. The van der Waals surface area contributed by atoms with Crippen LogP contribution in [0.15, 0.2) is 0 Å². The van der Waals surface area contributed by atoms with E-state index in [2.05, 4.69) is 25.7 Å². The van der Waals surface area contributed by atoms with Gasteiger partial charge in [0.2, 0.25) is 5.91 Å². The van der Waals surface area contributed by atoms with Crippen LogP contribution in [0.4, 0.5) is 0 Å². The highest BCUT2D eigenvalue weighted by Crippen LogP contribution is 2.31. The van der Waals surface area contributed by atoms with Crippen molar-refractivity contribution in [2.45, 2.75) is 65.0 Å². The Labute approximate surface area is 124 Å².